The first kappa shape index (κ1) is 11.8. The topological polar surface area (TPSA) is 41.9 Å². The van der Waals surface area contributed by atoms with Gasteiger partial charge >= 0.3 is 0 Å². The first-order valence-corrected chi connectivity index (χ1v) is 4.94. The van der Waals surface area contributed by atoms with Crippen LogP contribution in [-0.4, -0.2) is 29.3 Å². The van der Waals surface area contributed by atoms with Crippen molar-refractivity contribution in [2.75, 3.05) is 7.11 Å². The van der Waals surface area contributed by atoms with Crippen molar-refractivity contribution in [2.45, 2.75) is 40.2 Å². The molecule has 15 heavy (non-hydrogen) atoms. The van der Waals surface area contributed by atoms with Crippen LogP contribution in [0.2, 0.25) is 0 Å². The number of rotatable bonds is 1. The Bertz CT molecular complexity index is 344. The predicted molar refractivity (Wildman–Crippen MR) is 59.4 cm³/mol. The lowest BCUT2D eigenvalue weighted by atomic mass is 9.92. The van der Waals surface area contributed by atoms with E-state index in [1.165, 1.54) is 7.11 Å². The fourth-order valence-corrected chi connectivity index (χ4v) is 1.60. The first-order chi connectivity index (χ1) is 6.80. The van der Waals surface area contributed by atoms with Crippen molar-refractivity contribution < 1.29 is 9.63 Å². The van der Waals surface area contributed by atoms with Crippen molar-refractivity contribution in [1.82, 2.24) is 4.90 Å². The maximum atomic E-state index is 11.9. The molecule has 1 saturated heterocycles. The van der Waals surface area contributed by atoms with Crippen molar-refractivity contribution in [3.63, 3.8) is 0 Å². The van der Waals surface area contributed by atoms with Crippen LogP contribution in [0.3, 0.4) is 0 Å². The van der Waals surface area contributed by atoms with Crippen LogP contribution < -0.4 is 0 Å². The largest absolute Gasteiger partial charge is 0.397 e. The maximum Gasteiger partial charge on any atom is 0.263 e. The minimum atomic E-state index is -0.257. The van der Waals surface area contributed by atoms with Crippen molar-refractivity contribution >= 4 is 11.7 Å². The highest BCUT2D eigenvalue weighted by atomic mass is 16.6. The molecule has 0 aromatic carbocycles. The molecule has 0 unspecified atom stereocenters. The van der Waals surface area contributed by atoms with Crippen LogP contribution in [0.25, 0.3) is 0 Å². The van der Waals surface area contributed by atoms with E-state index in [1.807, 2.05) is 34.6 Å². The molecule has 0 atom stereocenters. The van der Waals surface area contributed by atoms with Gasteiger partial charge in [-0.25, -0.2) is 0 Å². The number of likely N-dealkylation sites (tertiary alicyclic amines) is 1. The number of carbonyl (C=O) groups excluding carboxylic acids is 1. The van der Waals surface area contributed by atoms with Gasteiger partial charge in [-0.3, -0.25) is 9.69 Å². The number of hydrogen-bond donors (Lipinski definition) is 0. The zero-order valence-corrected chi connectivity index (χ0v) is 10.2. The van der Waals surface area contributed by atoms with Crippen LogP contribution in [0, 0.1) is 0 Å². The summed E-state index contributed by atoms with van der Waals surface area (Å²) in [5.74, 6) is 0.660. The van der Waals surface area contributed by atoms with Crippen LogP contribution in [-0.2, 0) is 9.63 Å². The van der Waals surface area contributed by atoms with Crippen LogP contribution >= 0.6 is 0 Å². The smallest absolute Gasteiger partial charge is 0.263 e. The number of allylic oxidation sites excluding steroid dienone is 1. The zero-order valence-electron chi connectivity index (χ0n) is 10.2. The van der Waals surface area contributed by atoms with Gasteiger partial charge in [0.2, 0.25) is 0 Å². The van der Waals surface area contributed by atoms with Gasteiger partial charge in [-0.15, -0.1) is 0 Å². The van der Waals surface area contributed by atoms with Gasteiger partial charge in [-0.1, -0.05) is 10.7 Å². The molecular formula is C11H18N2O2. The SMILES string of the molecule is CO/N=C1\C(=C(C)C)C(=O)N1C(C)(C)C. The highest BCUT2D eigenvalue weighted by Crippen LogP contribution is 2.31. The molecule has 0 bridgehead atoms. The number of oxime groups is 1. The molecule has 1 aliphatic rings. The molecule has 1 rings (SSSR count). The van der Waals surface area contributed by atoms with E-state index >= 15 is 0 Å². The molecule has 84 valence electrons. The summed E-state index contributed by atoms with van der Waals surface area (Å²) in [4.78, 5) is 18.3. The second-order valence-electron chi connectivity index (χ2n) is 4.78. The Kier molecular flexibility index (Phi) is 2.88. The van der Waals surface area contributed by atoms with Crippen LogP contribution in [0.1, 0.15) is 34.6 Å². The Labute approximate surface area is 90.6 Å². The third-order valence-electron chi connectivity index (χ3n) is 2.20. The molecule has 0 aliphatic carbocycles. The van der Waals surface area contributed by atoms with Gasteiger partial charge in [0.05, 0.1) is 5.57 Å². The summed E-state index contributed by atoms with van der Waals surface area (Å²) in [5.41, 5.74) is 1.39. The molecule has 4 nitrogen and oxygen atoms in total. The van der Waals surface area contributed by atoms with E-state index in [0.29, 0.717) is 11.4 Å². The normalized spacial score (nSPS) is 19.3. The van der Waals surface area contributed by atoms with E-state index < -0.39 is 0 Å². The zero-order chi connectivity index (χ0) is 11.8. The minimum absolute atomic E-state index is 0.0262. The monoisotopic (exact) mass is 210 g/mol. The fraction of sp³-hybridized carbons (Fsp3) is 0.636. The van der Waals surface area contributed by atoms with Crippen LogP contribution in [0.15, 0.2) is 16.3 Å². The van der Waals surface area contributed by atoms with Crippen molar-refractivity contribution in [3.05, 3.63) is 11.1 Å². The van der Waals surface area contributed by atoms with E-state index in [9.17, 15) is 4.79 Å². The Morgan fingerprint density at radius 2 is 1.87 bits per heavy atom. The van der Waals surface area contributed by atoms with Gasteiger partial charge in [0.25, 0.3) is 5.91 Å². The second kappa shape index (κ2) is 3.68. The summed E-state index contributed by atoms with van der Waals surface area (Å²) in [6.07, 6.45) is 0. The molecule has 1 amide bonds. The van der Waals surface area contributed by atoms with Gasteiger partial charge in [-0.05, 0) is 34.6 Å². The van der Waals surface area contributed by atoms with Crippen LogP contribution in [0.5, 0.6) is 0 Å². The molecule has 0 spiro atoms. The minimum Gasteiger partial charge on any atom is -0.397 e. The summed E-state index contributed by atoms with van der Waals surface area (Å²) in [7, 11) is 1.49. The highest BCUT2D eigenvalue weighted by molar-refractivity contribution is 6.36. The Balaban J connectivity index is 3.13. The van der Waals surface area contributed by atoms with E-state index in [0.717, 1.165) is 5.57 Å². The molecule has 1 fully saturated rings. The molecule has 0 aromatic rings. The lowest BCUT2D eigenvalue weighted by Crippen LogP contribution is -2.60. The Morgan fingerprint density at radius 3 is 2.20 bits per heavy atom. The Morgan fingerprint density at radius 1 is 1.33 bits per heavy atom. The van der Waals surface area contributed by atoms with Gasteiger partial charge in [0, 0.05) is 5.54 Å². The molecule has 0 aromatic heterocycles. The lowest BCUT2D eigenvalue weighted by molar-refractivity contribution is -0.129. The fourth-order valence-electron chi connectivity index (χ4n) is 1.60. The first-order valence-electron chi connectivity index (χ1n) is 4.94. The number of carbonyl (C=O) groups is 1. The number of nitrogens with zero attached hydrogens (tertiary/aromatic N) is 2. The van der Waals surface area contributed by atoms with E-state index in [2.05, 4.69) is 5.16 Å². The van der Waals surface area contributed by atoms with Crippen molar-refractivity contribution in [2.24, 2.45) is 5.16 Å². The summed E-state index contributed by atoms with van der Waals surface area (Å²) in [6, 6.07) is 0. The average Bonchev–Trinajstić information content (AvgIpc) is 1.99. The summed E-state index contributed by atoms with van der Waals surface area (Å²) in [6.45, 7) is 9.71. The molecule has 0 saturated carbocycles. The van der Waals surface area contributed by atoms with Gasteiger partial charge in [0.15, 0.2) is 5.84 Å². The number of amidine groups is 1. The number of amides is 1. The van der Waals surface area contributed by atoms with E-state index in [4.69, 9.17) is 4.84 Å². The molecule has 4 heteroatoms. The van der Waals surface area contributed by atoms with Crippen LogP contribution in [0.4, 0.5) is 0 Å². The Hall–Kier alpha value is -1.32. The number of hydrogen-bond acceptors (Lipinski definition) is 3. The molecule has 1 aliphatic heterocycles. The van der Waals surface area contributed by atoms with Gasteiger partial charge in [-0.2, -0.15) is 0 Å². The summed E-state index contributed by atoms with van der Waals surface area (Å²) < 4.78 is 0. The molecule has 0 N–H and O–H groups in total. The van der Waals surface area contributed by atoms with E-state index in [-0.39, 0.29) is 11.4 Å². The molecule has 1 heterocycles. The van der Waals surface area contributed by atoms with Crippen molar-refractivity contribution in [3.8, 4) is 0 Å². The number of β-lactam (4-membered cyclic amide) rings is 1. The lowest BCUT2D eigenvalue weighted by Gasteiger charge is -2.44. The van der Waals surface area contributed by atoms with Gasteiger partial charge < -0.3 is 4.84 Å². The van der Waals surface area contributed by atoms with Gasteiger partial charge in [0.1, 0.15) is 7.11 Å². The quantitative estimate of drug-likeness (QED) is 0.377. The molecule has 0 radical (unpaired) electrons. The third-order valence-corrected chi connectivity index (χ3v) is 2.20. The third kappa shape index (κ3) is 1.89. The second-order valence-corrected chi connectivity index (χ2v) is 4.78. The van der Waals surface area contributed by atoms with Crippen molar-refractivity contribution in [1.29, 1.82) is 0 Å². The maximum absolute atomic E-state index is 11.9. The average molecular weight is 210 g/mol. The summed E-state index contributed by atoms with van der Waals surface area (Å²) >= 11 is 0. The standard InChI is InChI=1S/C11H18N2O2/c1-7(2)8-9(12-15-6)13(10(8)14)11(3,4)5/h1-6H3/b12-9+. The predicted octanol–water partition coefficient (Wildman–Crippen LogP) is 1.92. The summed E-state index contributed by atoms with van der Waals surface area (Å²) in [5, 5.41) is 3.89. The van der Waals surface area contributed by atoms with E-state index in [1.54, 1.807) is 4.90 Å². The molecular weight excluding hydrogens is 192 g/mol. The highest BCUT2D eigenvalue weighted by Gasteiger charge is 2.46.